The van der Waals surface area contributed by atoms with Crippen molar-refractivity contribution in [3.63, 3.8) is 0 Å². The summed E-state index contributed by atoms with van der Waals surface area (Å²) in [5.41, 5.74) is 5.64. The molecule has 0 saturated carbocycles. The number of halogens is 2. The number of rotatable bonds is 5. The summed E-state index contributed by atoms with van der Waals surface area (Å²) in [5.74, 6) is 1.33. The van der Waals surface area contributed by atoms with Gasteiger partial charge >= 0.3 is 0 Å². The molecule has 1 aliphatic rings. The number of hydrazone groups is 1. The fourth-order valence-electron chi connectivity index (χ4n) is 4.73. The molecule has 0 bridgehead atoms. The number of hydrogen-bond donors (Lipinski definition) is 0. The van der Waals surface area contributed by atoms with E-state index in [1.54, 1.807) is 7.11 Å². The molecule has 1 atom stereocenters. The predicted octanol–water partition coefficient (Wildman–Crippen LogP) is 8.08. The Balaban J connectivity index is 1.56. The number of para-hydroxylation sites is 1. The maximum atomic E-state index is 6.38. The number of benzene rings is 4. The van der Waals surface area contributed by atoms with E-state index in [9.17, 15) is 0 Å². The lowest BCUT2D eigenvalue weighted by Crippen LogP contribution is -2.21. The molecule has 4 aromatic carbocycles. The van der Waals surface area contributed by atoms with Crippen molar-refractivity contribution in [3.8, 4) is 17.0 Å². The summed E-state index contributed by atoms with van der Waals surface area (Å²) in [7, 11) is 1.69. The molecule has 1 aromatic heterocycles. The van der Waals surface area contributed by atoms with Crippen LogP contribution in [0.3, 0.4) is 0 Å². The van der Waals surface area contributed by atoms with Crippen LogP contribution in [0.4, 0.5) is 5.95 Å². The number of fused-ring (bicyclic) bond motifs is 1. The summed E-state index contributed by atoms with van der Waals surface area (Å²) in [6.45, 7) is 0. The number of hydrogen-bond acceptors (Lipinski definition) is 5. The molecule has 2 heterocycles. The highest BCUT2D eigenvalue weighted by atomic mass is 79.9. The van der Waals surface area contributed by atoms with Crippen molar-refractivity contribution in [2.45, 2.75) is 12.5 Å². The number of anilines is 1. The Bertz CT molecular complexity index is 1640. The van der Waals surface area contributed by atoms with E-state index in [-0.39, 0.29) is 6.04 Å². The lowest BCUT2D eigenvalue weighted by atomic mass is 9.98. The van der Waals surface area contributed by atoms with Crippen LogP contribution in [-0.2, 0) is 0 Å². The molecule has 5 nitrogen and oxygen atoms in total. The van der Waals surface area contributed by atoms with Crippen LogP contribution in [0.1, 0.15) is 23.6 Å². The van der Waals surface area contributed by atoms with E-state index in [0.29, 0.717) is 17.4 Å². The predicted molar refractivity (Wildman–Crippen MR) is 153 cm³/mol. The van der Waals surface area contributed by atoms with E-state index < -0.39 is 0 Å². The van der Waals surface area contributed by atoms with E-state index >= 15 is 0 Å². The fraction of sp³-hybridized carbons (Fsp3) is 0.100. The van der Waals surface area contributed by atoms with Crippen molar-refractivity contribution in [3.05, 3.63) is 118 Å². The molecule has 0 unspecified atom stereocenters. The van der Waals surface area contributed by atoms with Gasteiger partial charge in [0.15, 0.2) is 0 Å². The van der Waals surface area contributed by atoms with Crippen LogP contribution in [0.2, 0.25) is 5.02 Å². The summed E-state index contributed by atoms with van der Waals surface area (Å²) in [6, 6.07) is 31.9. The third-order valence-electron chi connectivity index (χ3n) is 6.46. The third kappa shape index (κ3) is 4.59. The first kappa shape index (κ1) is 23.6. The second-order valence-corrected chi connectivity index (χ2v) is 10.1. The largest absolute Gasteiger partial charge is 0.496 e. The highest BCUT2D eigenvalue weighted by Gasteiger charge is 2.34. The van der Waals surface area contributed by atoms with Gasteiger partial charge in [0.2, 0.25) is 5.95 Å². The van der Waals surface area contributed by atoms with Crippen LogP contribution in [-0.4, -0.2) is 22.8 Å². The zero-order valence-corrected chi connectivity index (χ0v) is 22.3. The van der Waals surface area contributed by atoms with Gasteiger partial charge in [-0.3, -0.25) is 0 Å². The molecule has 0 radical (unpaired) electrons. The van der Waals surface area contributed by atoms with Gasteiger partial charge in [-0.1, -0.05) is 88.2 Å². The first-order valence-corrected chi connectivity index (χ1v) is 13.1. The molecule has 0 N–H and O–H groups in total. The Morgan fingerprint density at radius 2 is 1.65 bits per heavy atom. The first-order valence-electron chi connectivity index (χ1n) is 11.9. The minimum Gasteiger partial charge on any atom is -0.496 e. The standard InChI is InChI=1S/C30H22BrClN4O/c1-37-28-13-6-5-12-23(28)27-18-26(20-10-7-11-21(31)16-20)35-36(27)30-33-25-15-14-22(32)17-24(25)29(34-30)19-8-3-2-4-9-19/h2-17,27H,18H2,1H3/t27-/m1/s1. The Morgan fingerprint density at radius 3 is 2.46 bits per heavy atom. The summed E-state index contributed by atoms with van der Waals surface area (Å²) in [5, 5.41) is 8.55. The van der Waals surface area contributed by atoms with Crippen molar-refractivity contribution in [1.82, 2.24) is 9.97 Å². The van der Waals surface area contributed by atoms with Crippen molar-refractivity contribution >= 4 is 50.1 Å². The highest BCUT2D eigenvalue weighted by molar-refractivity contribution is 9.10. The van der Waals surface area contributed by atoms with Gasteiger partial charge in [0.1, 0.15) is 5.75 Å². The molecular formula is C30H22BrClN4O. The van der Waals surface area contributed by atoms with Gasteiger partial charge < -0.3 is 4.74 Å². The fourth-order valence-corrected chi connectivity index (χ4v) is 5.30. The molecule has 6 rings (SSSR count). The van der Waals surface area contributed by atoms with E-state index in [1.165, 1.54) is 0 Å². The van der Waals surface area contributed by atoms with Crippen LogP contribution >= 0.6 is 27.5 Å². The van der Waals surface area contributed by atoms with Gasteiger partial charge in [-0.05, 0) is 42.0 Å². The van der Waals surface area contributed by atoms with E-state index in [1.807, 2.05) is 83.9 Å². The van der Waals surface area contributed by atoms with Crippen molar-refractivity contribution in [2.24, 2.45) is 5.10 Å². The minimum atomic E-state index is -0.140. The molecule has 182 valence electrons. The normalized spacial score (nSPS) is 15.2. The zero-order chi connectivity index (χ0) is 25.4. The smallest absolute Gasteiger partial charge is 0.247 e. The Labute approximate surface area is 228 Å². The summed E-state index contributed by atoms with van der Waals surface area (Å²) >= 11 is 9.97. The maximum absolute atomic E-state index is 6.38. The second-order valence-electron chi connectivity index (χ2n) is 8.76. The Hall–Kier alpha value is -3.74. The Kier molecular flexibility index (Phi) is 6.37. The zero-order valence-electron chi connectivity index (χ0n) is 20.0. The molecule has 0 amide bonds. The van der Waals surface area contributed by atoms with Crippen LogP contribution in [0.15, 0.2) is 107 Å². The topological polar surface area (TPSA) is 50.6 Å². The quantitative estimate of drug-likeness (QED) is 0.215. The molecule has 7 heteroatoms. The van der Waals surface area contributed by atoms with Crippen LogP contribution in [0, 0.1) is 0 Å². The van der Waals surface area contributed by atoms with Crippen LogP contribution in [0.25, 0.3) is 22.2 Å². The van der Waals surface area contributed by atoms with Crippen LogP contribution in [0.5, 0.6) is 5.75 Å². The average Bonchev–Trinajstić information content (AvgIpc) is 3.38. The molecular weight excluding hydrogens is 548 g/mol. The molecule has 5 aromatic rings. The third-order valence-corrected chi connectivity index (χ3v) is 7.19. The highest BCUT2D eigenvalue weighted by Crippen LogP contribution is 2.41. The molecule has 0 fully saturated rings. The van der Waals surface area contributed by atoms with Crippen molar-refractivity contribution in [1.29, 1.82) is 0 Å². The summed E-state index contributed by atoms with van der Waals surface area (Å²) in [4.78, 5) is 10.0. The number of ether oxygens (including phenoxy) is 1. The van der Waals surface area contributed by atoms with Gasteiger partial charge in [-0.2, -0.15) is 5.10 Å². The minimum absolute atomic E-state index is 0.140. The second kappa shape index (κ2) is 9.96. The van der Waals surface area contributed by atoms with Gasteiger partial charge in [0, 0.05) is 32.4 Å². The molecule has 0 spiro atoms. The molecule has 1 aliphatic heterocycles. The molecule has 0 saturated heterocycles. The van der Waals surface area contributed by atoms with Crippen molar-refractivity contribution < 1.29 is 4.74 Å². The average molecular weight is 570 g/mol. The summed E-state index contributed by atoms with van der Waals surface area (Å²) in [6.07, 6.45) is 0.680. The maximum Gasteiger partial charge on any atom is 0.247 e. The lowest BCUT2D eigenvalue weighted by Gasteiger charge is -2.24. The molecule has 0 aliphatic carbocycles. The monoisotopic (exact) mass is 568 g/mol. The van der Waals surface area contributed by atoms with E-state index in [0.717, 1.165) is 49.2 Å². The summed E-state index contributed by atoms with van der Waals surface area (Å²) < 4.78 is 6.74. The van der Waals surface area contributed by atoms with Gasteiger partial charge in [-0.25, -0.2) is 15.0 Å². The lowest BCUT2D eigenvalue weighted by molar-refractivity contribution is 0.405. The van der Waals surface area contributed by atoms with Crippen LogP contribution < -0.4 is 9.75 Å². The van der Waals surface area contributed by atoms with Gasteiger partial charge in [0.25, 0.3) is 0 Å². The van der Waals surface area contributed by atoms with E-state index in [2.05, 4.69) is 34.1 Å². The van der Waals surface area contributed by atoms with E-state index in [4.69, 9.17) is 31.4 Å². The number of aromatic nitrogens is 2. The van der Waals surface area contributed by atoms with Crippen molar-refractivity contribution in [2.75, 3.05) is 12.1 Å². The van der Waals surface area contributed by atoms with Gasteiger partial charge in [0.05, 0.1) is 30.1 Å². The van der Waals surface area contributed by atoms with Gasteiger partial charge in [-0.15, -0.1) is 0 Å². The Morgan fingerprint density at radius 1 is 0.865 bits per heavy atom. The SMILES string of the molecule is COc1ccccc1[C@H]1CC(c2cccc(Br)c2)=NN1c1nc(-c2ccccc2)c2cc(Cl)ccc2n1. The number of methoxy groups -OCH3 is 1. The molecule has 37 heavy (non-hydrogen) atoms. The first-order chi connectivity index (χ1) is 18.1. The number of nitrogens with zero attached hydrogens (tertiary/aromatic N) is 4.